The van der Waals surface area contributed by atoms with Gasteiger partial charge < -0.3 is 37.9 Å². The summed E-state index contributed by atoms with van der Waals surface area (Å²) < 4.78 is 41.4. The quantitative estimate of drug-likeness (QED) is 0.0907. The molecular formula is C21H34O10. The number of carbonyl (C=O) groups excluding carboxylic acids is 2. The molecule has 178 valence electrons. The van der Waals surface area contributed by atoms with E-state index >= 15 is 0 Å². The highest BCUT2D eigenvalue weighted by Crippen LogP contribution is 2.00. The van der Waals surface area contributed by atoms with Gasteiger partial charge in [-0.15, -0.1) is 0 Å². The molecule has 0 saturated heterocycles. The minimum absolute atomic E-state index is 0.0266. The maximum absolute atomic E-state index is 12.0. The lowest BCUT2D eigenvalue weighted by Crippen LogP contribution is -2.31. The van der Waals surface area contributed by atoms with Gasteiger partial charge in [0.25, 0.3) is 0 Å². The topological polar surface area (TPSA) is 108 Å². The van der Waals surface area contributed by atoms with E-state index in [0.29, 0.717) is 17.1 Å². The van der Waals surface area contributed by atoms with Crippen molar-refractivity contribution in [3.8, 4) is 0 Å². The molecule has 0 aromatic heterocycles. The first-order valence-corrected chi connectivity index (χ1v) is 9.62. The molecule has 0 unspecified atom stereocenters. The molecule has 0 aliphatic carbocycles. The number of rotatable bonds is 20. The zero-order valence-electron chi connectivity index (χ0n) is 18.6. The Labute approximate surface area is 183 Å². The molecule has 0 atom stereocenters. The van der Waals surface area contributed by atoms with Crippen molar-refractivity contribution in [1.82, 2.24) is 0 Å². The first-order chi connectivity index (χ1) is 14.7. The molecule has 0 bridgehead atoms. The van der Waals surface area contributed by atoms with Gasteiger partial charge in [-0.2, -0.15) is 0 Å². The minimum atomic E-state index is -0.683. The first-order valence-electron chi connectivity index (χ1n) is 9.62. The highest BCUT2D eigenvalue weighted by Gasteiger charge is 2.16. The van der Waals surface area contributed by atoms with Gasteiger partial charge in [0.2, 0.25) is 0 Å². The van der Waals surface area contributed by atoms with Crippen LogP contribution in [0.5, 0.6) is 0 Å². The third-order valence-corrected chi connectivity index (χ3v) is 3.08. The summed E-state index contributed by atoms with van der Waals surface area (Å²) in [5, 5.41) is 0. The number of carbonyl (C=O) groups is 2. The molecule has 0 aliphatic heterocycles. The summed E-state index contributed by atoms with van der Waals surface area (Å²) in [6.07, 6.45) is -0.683. The van der Waals surface area contributed by atoms with E-state index in [1.807, 2.05) is 0 Å². The maximum Gasteiger partial charge on any atom is 0.333 e. The molecule has 0 spiro atoms. The summed E-state index contributed by atoms with van der Waals surface area (Å²) in [5.41, 5.74) is 0.322. The van der Waals surface area contributed by atoms with Crippen LogP contribution in [0.15, 0.2) is 36.8 Å². The van der Waals surface area contributed by atoms with Gasteiger partial charge in [-0.3, -0.25) is 0 Å². The summed E-state index contributed by atoms with van der Waals surface area (Å²) in [6.45, 7) is 16.1. The van der Waals surface area contributed by atoms with Crippen LogP contribution in [-0.2, 0) is 47.5 Å². The molecule has 10 nitrogen and oxygen atoms in total. The second-order valence-corrected chi connectivity index (χ2v) is 6.36. The van der Waals surface area contributed by atoms with Crippen LogP contribution >= 0.6 is 0 Å². The molecule has 0 aromatic rings. The lowest BCUT2D eigenvalue weighted by molar-refractivity contribution is -0.168. The van der Waals surface area contributed by atoms with Gasteiger partial charge >= 0.3 is 11.9 Å². The Bertz CT molecular complexity index is 551. The fourth-order valence-corrected chi connectivity index (χ4v) is 1.67. The highest BCUT2D eigenvalue weighted by molar-refractivity contribution is 5.86. The van der Waals surface area contributed by atoms with Crippen molar-refractivity contribution in [3.05, 3.63) is 36.8 Å². The van der Waals surface area contributed by atoms with E-state index in [1.165, 1.54) is 0 Å². The van der Waals surface area contributed by atoms with E-state index < -0.39 is 18.0 Å². The van der Waals surface area contributed by atoms with Gasteiger partial charge in [-0.1, -0.05) is 19.7 Å². The van der Waals surface area contributed by atoms with Crippen LogP contribution in [0, 0.1) is 0 Å². The molecule has 0 aromatic carbocycles. The Morgan fingerprint density at radius 1 is 0.710 bits per heavy atom. The molecule has 0 fully saturated rings. The molecule has 0 saturated carbocycles. The summed E-state index contributed by atoms with van der Waals surface area (Å²) in [6, 6.07) is 0. The van der Waals surface area contributed by atoms with Crippen molar-refractivity contribution in [2.45, 2.75) is 26.9 Å². The predicted molar refractivity (Wildman–Crippen MR) is 111 cm³/mol. The van der Waals surface area contributed by atoms with Crippen LogP contribution in [0.3, 0.4) is 0 Å². The van der Waals surface area contributed by atoms with E-state index in [4.69, 9.17) is 37.9 Å². The SMILES string of the molecule is C=C(C)OCOCC(COCOC(=C)C)OC(=O)COCCOCCOC(=O)C(=C)C. The van der Waals surface area contributed by atoms with Crippen molar-refractivity contribution in [1.29, 1.82) is 0 Å². The minimum Gasteiger partial charge on any atom is -0.473 e. The second kappa shape index (κ2) is 18.4. The van der Waals surface area contributed by atoms with Crippen LogP contribution in [0.4, 0.5) is 0 Å². The van der Waals surface area contributed by atoms with Crippen LogP contribution in [0.25, 0.3) is 0 Å². The van der Waals surface area contributed by atoms with Crippen molar-refractivity contribution >= 4 is 11.9 Å². The van der Waals surface area contributed by atoms with Gasteiger partial charge in [-0.25, -0.2) is 9.59 Å². The summed E-state index contributed by atoms with van der Waals surface area (Å²) >= 11 is 0. The summed E-state index contributed by atoms with van der Waals surface area (Å²) in [7, 11) is 0. The maximum atomic E-state index is 12.0. The van der Waals surface area contributed by atoms with Gasteiger partial charge in [0.05, 0.1) is 44.6 Å². The summed E-state index contributed by atoms with van der Waals surface area (Å²) in [4.78, 5) is 23.1. The van der Waals surface area contributed by atoms with Crippen LogP contribution in [0.2, 0.25) is 0 Å². The lowest BCUT2D eigenvalue weighted by Gasteiger charge is -2.18. The number of ether oxygens (including phenoxy) is 8. The number of allylic oxidation sites excluding steroid dienone is 2. The standard InChI is InChI=1S/C21H34O10/c1-16(2)21(23)28-10-9-24-7-8-25-13-20(22)31-19(11-26-14-29-17(3)4)12-27-15-30-18(5)6/h19H,1,3,5,7-15H2,2,4,6H3. The Morgan fingerprint density at radius 2 is 1.23 bits per heavy atom. The van der Waals surface area contributed by atoms with E-state index in [9.17, 15) is 9.59 Å². The summed E-state index contributed by atoms with van der Waals surface area (Å²) in [5.74, 6) is -0.0507. The number of hydrogen-bond acceptors (Lipinski definition) is 10. The average Bonchev–Trinajstić information content (AvgIpc) is 2.69. The largest absolute Gasteiger partial charge is 0.473 e. The van der Waals surface area contributed by atoms with Crippen molar-refractivity contribution in [3.63, 3.8) is 0 Å². The van der Waals surface area contributed by atoms with Crippen LogP contribution in [0.1, 0.15) is 20.8 Å². The lowest BCUT2D eigenvalue weighted by atomic mass is 10.4. The number of hydrogen-bond donors (Lipinski definition) is 0. The molecular weight excluding hydrogens is 412 g/mol. The van der Waals surface area contributed by atoms with Crippen molar-refractivity contribution in [2.75, 3.05) is 59.8 Å². The molecule has 0 rings (SSSR count). The highest BCUT2D eigenvalue weighted by atomic mass is 16.7. The fourth-order valence-electron chi connectivity index (χ4n) is 1.67. The Kier molecular flexibility index (Phi) is 17.0. The van der Waals surface area contributed by atoms with Crippen LogP contribution in [-0.4, -0.2) is 77.9 Å². The molecule has 0 heterocycles. The van der Waals surface area contributed by atoms with Crippen molar-refractivity contribution < 1.29 is 47.5 Å². The first kappa shape index (κ1) is 28.6. The zero-order valence-corrected chi connectivity index (χ0v) is 18.6. The Hall–Kier alpha value is -2.40. The Morgan fingerprint density at radius 3 is 1.74 bits per heavy atom. The second-order valence-electron chi connectivity index (χ2n) is 6.36. The average molecular weight is 446 g/mol. The molecule has 0 N–H and O–H groups in total. The van der Waals surface area contributed by atoms with E-state index in [-0.39, 0.29) is 59.8 Å². The monoisotopic (exact) mass is 446 g/mol. The third-order valence-electron chi connectivity index (χ3n) is 3.08. The number of esters is 2. The van der Waals surface area contributed by atoms with E-state index in [2.05, 4.69) is 19.7 Å². The van der Waals surface area contributed by atoms with Gasteiger partial charge in [0.15, 0.2) is 13.6 Å². The molecule has 0 amide bonds. The van der Waals surface area contributed by atoms with Crippen molar-refractivity contribution in [2.24, 2.45) is 0 Å². The van der Waals surface area contributed by atoms with Gasteiger partial charge in [-0.05, 0) is 20.8 Å². The van der Waals surface area contributed by atoms with Crippen LogP contribution < -0.4 is 0 Å². The molecule has 0 aliphatic rings. The molecule has 0 radical (unpaired) electrons. The predicted octanol–water partition coefficient (Wildman–Crippen LogP) is 2.10. The van der Waals surface area contributed by atoms with E-state index in [1.54, 1.807) is 20.8 Å². The van der Waals surface area contributed by atoms with E-state index in [0.717, 1.165) is 0 Å². The Balaban J connectivity index is 4.01. The fraction of sp³-hybridized carbons (Fsp3) is 0.619. The molecule has 31 heavy (non-hydrogen) atoms. The smallest absolute Gasteiger partial charge is 0.333 e. The normalized spacial score (nSPS) is 10.5. The third kappa shape index (κ3) is 19.3. The molecule has 10 heteroatoms. The van der Waals surface area contributed by atoms with Gasteiger partial charge in [0.1, 0.15) is 19.3 Å². The zero-order chi connectivity index (χ0) is 23.5. The van der Waals surface area contributed by atoms with Gasteiger partial charge in [0, 0.05) is 5.57 Å².